The van der Waals surface area contributed by atoms with E-state index in [0.29, 0.717) is 17.5 Å². The molecule has 0 saturated heterocycles. The van der Waals surface area contributed by atoms with Crippen LogP contribution in [-0.4, -0.2) is 19.7 Å². The van der Waals surface area contributed by atoms with E-state index in [1.54, 1.807) is 23.1 Å². The molecule has 4 rings (SSSR count). The van der Waals surface area contributed by atoms with Crippen LogP contribution in [0.3, 0.4) is 0 Å². The molecule has 0 radical (unpaired) electrons. The number of aromatic amines is 1. The van der Waals surface area contributed by atoms with Crippen molar-refractivity contribution in [2.45, 2.75) is 38.3 Å². The summed E-state index contributed by atoms with van der Waals surface area (Å²) in [6.45, 7) is 2.63. The van der Waals surface area contributed by atoms with Crippen molar-refractivity contribution in [2.75, 3.05) is 5.32 Å². The van der Waals surface area contributed by atoms with E-state index in [1.165, 1.54) is 11.1 Å². The maximum absolute atomic E-state index is 12.1. The van der Waals surface area contributed by atoms with Crippen molar-refractivity contribution in [2.24, 2.45) is 0 Å². The number of halogens is 1. The van der Waals surface area contributed by atoms with E-state index in [9.17, 15) is 4.79 Å². The lowest BCUT2D eigenvalue weighted by atomic mass is 10.1. The monoisotopic (exact) mass is 369 g/mol. The number of aryl methyl sites for hydroxylation is 1. The van der Waals surface area contributed by atoms with Crippen LogP contribution >= 0.6 is 11.6 Å². The summed E-state index contributed by atoms with van der Waals surface area (Å²) in [6, 6.07) is 10.1. The third kappa shape index (κ3) is 3.51. The number of nitrogens with one attached hydrogen (secondary N) is 2. The van der Waals surface area contributed by atoms with E-state index in [2.05, 4.69) is 38.6 Å². The topological polar surface area (TPSA) is 75.6 Å². The van der Waals surface area contributed by atoms with Gasteiger partial charge in [0, 0.05) is 24.7 Å². The minimum absolute atomic E-state index is 0.0321. The second kappa shape index (κ2) is 6.96. The zero-order chi connectivity index (χ0) is 18.1. The SMILES string of the molecule is C[C@@H](Cn1cc(Cl)cn1)c1cc(=O)[nH]c(N[C@H]2CCc3ccccc32)n1. The molecule has 2 aromatic heterocycles. The second-order valence-corrected chi connectivity index (χ2v) is 7.17. The fourth-order valence-corrected chi connectivity index (χ4v) is 3.64. The van der Waals surface area contributed by atoms with E-state index in [1.807, 2.05) is 13.0 Å². The summed E-state index contributed by atoms with van der Waals surface area (Å²) >= 11 is 5.91. The Morgan fingerprint density at radius 3 is 3.08 bits per heavy atom. The Balaban J connectivity index is 1.54. The van der Waals surface area contributed by atoms with E-state index in [4.69, 9.17) is 11.6 Å². The summed E-state index contributed by atoms with van der Waals surface area (Å²) in [5.41, 5.74) is 3.20. The molecule has 3 aromatic rings. The number of hydrogen-bond donors (Lipinski definition) is 2. The lowest BCUT2D eigenvalue weighted by Gasteiger charge is -2.16. The molecule has 0 aliphatic heterocycles. The summed E-state index contributed by atoms with van der Waals surface area (Å²) in [5, 5.41) is 8.18. The molecule has 1 aliphatic carbocycles. The van der Waals surface area contributed by atoms with Crippen molar-refractivity contribution in [1.29, 1.82) is 0 Å². The van der Waals surface area contributed by atoms with Crippen molar-refractivity contribution in [3.05, 3.63) is 74.9 Å². The van der Waals surface area contributed by atoms with Gasteiger partial charge in [-0.25, -0.2) is 4.98 Å². The molecule has 2 heterocycles. The molecular formula is C19H20ClN5O. The highest BCUT2D eigenvalue weighted by molar-refractivity contribution is 6.30. The maximum Gasteiger partial charge on any atom is 0.252 e. The van der Waals surface area contributed by atoms with Crippen molar-refractivity contribution in [1.82, 2.24) is 19.7 Å². The lowest BCUT2D eigenvalue weighted by Crippen LogP contribution is -2.18. The molecule has 0 saturated carbocycles. The number of aromatic nitrogens is 4. The van der Waals surface area contributed by atoms with Gasteiger partial charge in [-0.3, -0.25) is 14.5 Å². The van der Waals surface area contributed by atoms with Gasteiger partial charge in [-0.1, -0.05) is 42.8 Å². The van der Waals surface area contributed by atoms with Crippen molar-refractivity contribution >= 4 is 17.5 Å². The van der Waals surface area contributed by atoms with Gasteiger partial charge in [-0.05, 0) is 24.0 Å². The summed E-state index contributed by atoms with van der Waals surface area (Å²) < 4.78 is 1.76. The van der Waals surface area contributed by atoms with Crippen molar-refractivity contribution < 1.29 is 0 Å². The molecule has 6 nitrogen and oxygen atoms in total. The predicted octanol–water partition coefficient (Wildman–Crippen LogP) is 3.52. The molecule has 7 heteroatoms. The minimum Gasteiger partial charge on any atom is -0.349 e. The van der Waals surface area contributed by atoms with Gasteiger partial charge in [0.2, 0.25) is 5.95 Å². The third-order valence-electron chi connectivity index (χ3n) is 4.77. The first-order valence-corrected chi connectivity index (χ1v) is 9.10. The summed E-state index contributed by atoms with van der Waals surface area (Å²) in [5.74, 6) is 0.546. The van der Waals surface area contributed by atoms with Gasteiger partial charge in [0.05, 0.1) is 23.0 Å². The van der Waals surface area contributed by atoms with E-state index >= 15 is 0 Å². The van der Waals surface area contributed by atoms with Gasteiger partial charge in [0.1, 0.15) is 0 Å². The first kappa shape index (κ1) is 16.8. The molecule has 2 N–H and O–H groups in total. The zero-order valence-corrected chi connectivity index (χ0v) is 15.2. The Bertz CT molecular complexity index is 980. The Morgan fingerprint density at radius 2 is 2.27 bits per heavy atom. The molecule has 0 fully saturated rings. The van der Waals surface area contributed by atoms with Crippen LogP contribution in [0.25, 0.3) is 0 Å². The summed E-state index contributed by atoms with van der Waals surface area (Å²) in [6.07, 6.45) is 5.40. The number of anilines is 1. The van der Waals surface area contributed by atoms with Crippen LogP contribution in [0.1, 0.15) is 42.1 Å². The Morgan fingerprint density at radius 1 is 1.42 bits per heavy atom. The normalized spacial score (nSPS) is 17.1. The summed E-state index contributed by atoms with van der Waals surface area (Å²) in [7, 11) is 0. The van der Waals surface area contributed by atoms with Crippen LogP contribution in [0.4, 0.5) is 5.95 Å². The summed E-state index contributed by atoms with van der Waals surface area (Å²) in [4.78, 5) is 19.6. The fourth-order valence-electron chi connectivity index (χ4n) is 3.48. The van der Waals surface area contributed by atoms with Crippen LogP contribution in [0.15, 0.2) is 47.5 Å². The highest BCUT2D eigenvalue weighted by atomic mass is 35.5. The Kier molecular flexibility index (Phi) is 4.51. The molecule has 26 heavy (non-hydrogen) atoms. The second-order valence-electron chi connectivity index (χ2n) is 6.73. The molecule has 0 unspecified atom stereocenters. The van der Waals surface area contributed by atoms with E-state index in [-0.39, 0.29) is 17.5 Å². The van der Waals surface area contributed by atoms with Gasteiger partial charge in [-0.2, -0.15) is 5.10 Å². The quantitative estimate of drug-likeness (QED) is 0.721. The first-order chi connectivity index (χ1) is 12.6. The molecule has 1 aliphatic rings. The number of hydrogen-bond acceptors (Lipinski definition) is 4. The minimum atomic E-state index is -0.158. The number of nitrogens with zero attached hydrogens (tertiary/aromatic N) is 3. The van der Waals surface area contributed by atoms with Crippen molar-refractivity contribution in [3.8, 4) is 0 Å². The zero-order valence-electron chi connectivity index (χ0n) is 14.4. The van der Waals surface area contributed by atoms with Crippen LogP contribution in [0, 0.1) is 0 Å². The molecule has 0 spiro atoms. The average molecular weight is 370 g/mol. The van der Waals surface area contributed by atoms with Gasteiger partial charge in [0.15, 0.2) is 0 Å². The third-order valence-corrected chi connectivity index (χ3v) is 4.97. The largest absolute Gasteiger partial charge is 0.349 e. The fraction of sp³-hybridized carbons (Fsp3) is 0.316. The van der Waals surface area contributed by atoms with Crippen LogP contribution in [0.5, 0.6) is 0 Å². The van der Waals surface area contributed by atoms with Crippen LogP contribution in [-0.2, 0) is 13.0 Å². The number of rotatable bonds is 5. The molecule has 0 bridgehead atoms. The molecule has 134 valence electrons. The maximum atomic E-state index is 12.1. The van der Waals surface area contributed by atoms with Gasteiger partial charge >= 0.3 is 0 Å². The number of H-pyrrole nitrogens is 1. The Hall–Kier alpha value is -2.60. The van der Waals surface area contributed by atoms with Gasteiger partial charge in [0.25, 0.3) is 5.56 Å². The highest BCUT2D eigenvalue weighted by Gasteiger charge is 2.22. The van der Waals surface area contributed by atoms with Crippen LogP contribution < -0.4 is 10.9 Å². The first-order valence-electron chi connectivity index (χ1n) is 8.72. The molecular weight excluding hydrogens is 350 g/mol. The molecule has 1 aromatic carbocycles. The lowest BCUT2D eigenvalue weighted by molar-refractivity contribution is 0.533. The molecule has 0 amide bonds. The number of fused-ring (bicyclic) bond motifs is 1. The average Bonchev–Trinajstić information content (AvgIpc) is 3.21. The highest BCUT2D eigenvalue weighted by Crippen LogP contribution is 2.32. The van der Waals surface area contributed by atoms with Crippen molar-refractivity contribution in [3.63, 3.8) is 0 Å². The van der Waals surface area contributed by atoms with Crippen LogP contribution in [0.2, 0.25) is 5.02 Å². The van der Waals surface area contributed by atoms with E-state index in [0.717, 1.165) is 18.5 Å². The predicted molar refractivity (Wildman–Crippen MR) is 102 cm³/mol. The smallest absolute Gasteiger partial charge is 0.252 e. The van der Waals surface area contributed by atoms with Gasteiger partial charge in [-0.15, -0.1) is 0 Å². The van der Waals surface area contributed by atoms with E-state index < -0.39 is 0 Å². The number of benzene rings is 1. The molecule has 2 atom stereocenters. The Labute approximate surface area is 156 Å². The standard InChI is InChI=1S/C19H20ClN5O/c1-12(10-25-11-14(20)9-21-25)17-8-18(26)24-19(23-17)22-16-7-6-13-4-2-3-5-15(13)16/h2-5,8-9,11-12,16H,6-7,10H2,1H3,(H2,22,23,24,26)/t12-,16-/m0/s1. The van der Waals surface area contributed by atoms with Gasteiger partial charge < -0.3 is 5.32 Å².